The third-order valence-electron chi connectivity index (χ3n) is 3.86. The van der Waals surface area contributed by atoms with E-state index in [0.29, 0.717) is 17.2 Å². The van der Waals surface area contributed by atoms with E-state index in [1.807, 2.05) is 0 Å². The number of hydrogen-bond acceptors (Lipinski definition) is 7. The van der Waals surface area contributed by atoms with Gasteiger partial charge in [0.15, 0.2) is 6.61 Å². The van der Waals surface area contributed by atoms with Crippen molar-refractivity contribution in [1.82, 2.24) is 10.9 Å². The minimum Gasteiger partial charge on any atom is -0.497 e. The lowest BCUT2D eigenvalue weighted by molar-refractivity contribution is -0.152. The highest BCUT2D eigenvalue weighted by molar-refractivity contribution is 6.00. The molecule has 2 rings (SSSR count). The van der Waals surface area contributed by atoms with Crippen LogP contribution in [-0.2, 0) is 23.9 Å². The van der Waals surface area contributed by atoms with Crippen LogP contribution < -0.4 is 25.2 Å². The Morgan fingerprint density at radius 3 is 2.56 bits per heavy atom. The Labute approximate surface area is 155 Å². The standard InChI is InChI=1S/C17H21N3O7/c1-10(21)18-19-15(22)9-27-17(24)11-6-16(23)20(8-11)13-5-4-12(25-2)7-14(13)26-3/h4-5,7,11H,6,8-9H2,1-3H3,(H,18,21)(H,19,22)/t11-/m0/s1. The van der Waals surface area contributed by atoms with Crippen LogP contribution in [-0.4, -0.2) is 51.1 Å². The van der Waals surface area contributed by atoms with E-state index in [2.05, 4.69) is 10.9 Å². The van der Waals surface area contributed by atoms with Crippen LogP contribution in [0.25, 0.3) is 0 Å². The zero-order valence-corrected chi connectivity index (χ0v) is 15.2. The van der Waals surface area contributed by atoms with Crippen molar-refractivity contribution in [2.75, 3.05) is 32.3 Å². The van der Waals surface area contributed by atoms with Crippen molar-refractivity contribution in [3.8, 4) is 11.5 Å². The molecule has 0 unspecified atom stereocenters. The molecule has 3 amide bonds. The number of hydrogen-bond donors (Lipinski definition) is 2. The second-order valence-electron chi connectivity index (χ2n) is 5.78. The molecule has 2 N–H and O–H groups in total. The van der Waals surface area contributed by atoms with E-state index >= 15 is 0 Å². The van der Waals surface area contributed by atoms with Crippen LogP contribution in [0.3, 0.4) is 0 Å². The summed E-state index contributed by atoms with van der Waals surface area (Å²) in [5.41, 5.74) is 4.67. The van der Waals surface area contributed by atoms with Gasteiger partial charge in [-0.3, -0.25) is 30.0 Å². The van der Waals surface area contributed by atoms with Crippen molar-refractivity contribution in [3.63, 3.8) is 0 Å². The first-order chi connectivity index (χ1) is 12.8. The number of ether oxygens (including phenoxy) is 3. The van der Waals surface area contributed by atoms with E-state index in [1.165, 1.54) is 26.0 Å². The summed E-state index contributed by atoms with van der Waals surface area (Å²) < 4.78 is 15.3. The molecular formula is C17H21N3O7. The Morgan fingerprint density at radius 2 is 1.93 bits per heavy atom. The molecule has 1 heterocycles. The number of nitrogens with one attached hydrogen (secondary N) is 2. The molecule has 10 heteroatoms. The Bertz CT molecular complexity index is 750. The zero-order chi connectivity index (χ0) is 20.0. The predicted octanol–water partition coefficient (Wildman–Crippen LogP) is -0.233. The van der Waals surface area contributed by atoms with Crippen LogP contribution in [0.5, 0.6) is 11.5 Å². The second-order valence-corrected chi connectivity index (χ2v) is 5.78. The maximum absolute atomic E-state index is 12.3. The van der Waals surface area contributed by atoms with Gasteiger partial charge in [-0.15, -0.1) is 0 Å². The lowest BCUT2D eigenvalue weighted by Crippen LogP contribution is -2.42. The van der Waals surface area contributed by atoms with Crippen molar-refractivity contribution in [1.29, 1.82) is 0 Å². The van der Waals surface area contributed by atoms with E-state index < -0.39 is 30.3 Å². The van der Waals surface area contributed by atoms with E-state index in [4.69, 9.17) is 14.2 Å². The van der Waals surface area contributed by atoms with Gasteiger partial charge >= 0.3 is 5.97 Å². The summed E-state index contributed by atoms with van der Waals surface area (Å²) in [5, 5.41) is 0. The lowest BCUT2D eigenvalue weighted by Gasteiger charge is -2.20. The molecule has 1 aromatic carbocycles. The largest absolute Gasteiger partial charge is 0.497 e. The number of hydrazine groups is 1. The minimum absolute atomic E-state index is 0.0403. The Kier molecular flexibility index (Phi) is 6.58. The lowest BCUT2D eigenvalue weighted by atomic mass is 10.1. The highest BCUT2D eigenvalue weighted by atomic mass is 16.5. The molecule has 1 aliphatic heterocycles. The number of esters is 1. The summed E-state index contributed by atoms with van der Waals surface area (Å²) in [6.45, 7) is 0.766. The van der Waals surface area contributed by atoms with Crippen LogP contribution >= 0.6 is 0 Å². The molecule has 146 valence electrons. The average Bonchev–Trinajstić information content (AvgIpc) is 3.05. The summed E-state index contributed by atoms with van der Waals surface area (Å²) in [7, 11) is 2.99. The normalized spacial score (nSPS) is 15.9. The van der Waals surface area contributed by atoms with Gasteiger partial charge in [-0.2, -0.15) is 0 Å². The molecule has 0 bridgehead atoms. The molecule has 1 aliphatic rings. The van der Waals surface area contributed by atoms with Crippen molar-refractivity contribution in [3.05, 3.63) is 18.2 Å². The summed E-state index contributed by atoms with van der Waals surface area (Å²) in [4.78, 5) is 48.1. The predicted molar refractivity (Wildman–Crippen MR) is 92.9 cm³/mol. The van der Waals surface area contributed by atoms with Gasteiger partial charge in [-0.25, -0.2) is 0 Å². The van der Waals surface area contributed by atoms with Gasteiger partial charge in [0.1, 0.15) is 11.5 Å². The number of nitrogens with zero attached hydrogens (tertiary/aromatic N) is 1. The van der Waals surface area contributed by atoms with Crippen molar-refractivity contribution in [2.24, 2.45) is 5.92 Å². The minimum atomic E-state index is -0.710. The number of benzene rings is 1. The molecule has 1 saturated heterocycles. The molecule has 0 radical (unpaired) electrons. The average molecular weight is 379 g/mol. The molecule has 1 aromatic rings. The second kappa shape index (κ2) is 8.88. The number of carbonyl (C=O) groups excluding carboxylic acids is 4. The summed E-state index contributed by atoms with van der Waals surface area (Å²) in [6, 6.07) is 4.99. The highest BCUT2D eigenvalue weighted by Crippen LogP contribution is 2.35. The topological polar surface area (TPSA) is 123 Å². The van der Waals surface area contributed by atoms with Gasteiger partial charge in [0.2, 0.25) is 11.8 Å². The van der Waals surface area contributed by atoms with Crippen molar-refractivity contribution >= 4 is 29.4 Å². The first-order valence-electron chi connectivity index (χ1n) is 8.10. The van der Waals surface area contributed by atoms with Crippen molar-refractivity contribution < 1.29 is 33.4 Å². The fraction of sp³-hybridized carbons (Fsp3) is 0.412. The maximum Gasteiger partial charge on any atom is 0.311 e. The number of rotatable bonds is 6. The smallest absolute Gasteiger partial charge is 0.311 e. The zero-order valence-electron chi connectivity index (χ0n) is 15.2. The maximum atomic E-state index is 12.3. The quantitative estimate of drug-likeness (QED) is 0.517. The van der Waals surface area contributed by atoms with Gasteiger partial charge in [-0.05, 0) is 12.1 Å². The summed E-state index contributed by atoms with van der Waals surface area (Å²) in [5.74, 6) is -1.77. The van der Waals surface area contributed by atoms with Crippen LogP contribution in [0.15, 0.2) is 18.2 Å². The fourth-order valence-corrected chi connectivity index (χ4v) is 2.55. The van der Waals surface area contributed by atoms with Gasteiger partial charge in [-0.1, -0.05) is 0 Å². The Hall–Kier alpha value is -3.30. The molecule has 1 fully saturated rings. The third kappa shape index (κ3) is 5.09. The highest BCUT2D eigenvalue weighted by Gasteiger charge is 2.37. The summed E-state index contributed by atoms with van der Waals surface area (Å²) in [6.07, 6.45) is -0.0403. The number of methoxy groups -OCH3 is 2. The van der Waals surface area contributed by atoms with Gasteiger partial charge in [0.05, 0.1) is 25.8 Å². The molecule has 0 aromatic heterocycles. The Balaban J connectivity index is 1.97. The fourth-order valence-electron chi connectivity index (χ4n) is 2.55. The number of anilines is 1. The first-order valence-corrected chi connectivity index (χ1v) is 8.10. The van der Waals surface area contributed by atoms with E-state index in [-0.39, 0.29) is 18.9 Å². The number of amides is 3. The van der Waals surface area contributed by atoms with Crippen LogP contribution in [0.2, 0.25) is 0 Å². The molecule has 10 nitrogen and oxygen atoms in total. The van der Waals surface area contributed by atoms with Crippen LogP contribution in [0.4, 0.5) is 5.69 Å². The monoisotopic (exact) mass is 379 g/mol. The molecule has 0 saturated carbocycles. The summed E-state index contributed by atoms with van der Waals surface area (Å²) >= 11 is 0. The molecule has 1 atom stereocenters. The molecule has 27 heavy (non-hydrogen) atoms. The van der Waals surface area contributed by atoms with Crippen LogP contribution in [0, 0.1) is 5.92 Å². The van der Waals surface area contributed by atoms with E-state index in [9.17, 15) is 19.2 Å². The number of carbonyl (C=O) groups is 4. The Morgan fingerprint density at radius 1 is 1.19 bits per heavy atom. The van der Waals surface area contributed by atoms with Crippen LogP contribution in [0.1, 0.15) is 13.3 Å². The molecule has 0 aliphatic carbocycles. The molecule has 0 spiro atoms. The third-order valence-corrected chi connectivity index (χ3v) is 3.86. The SMILES string of the molecule is COc1ccc(N2C[C@@H](C(=O)OCC(=O)NNC(C)=O)CC2=O)c(OC)c1. The first kappa shape index (κ1) is 20.0. The molecular weight excluding hydrogens is 358 g/mol. The van der Waals surface area contributed by atoms with Crippen molar-refractivity contribution in [2.45, 2.75) is 13.3 Å². The van der Waals surface area contributed by atoms with E-state index in [0.717, 1.165) is 0 Å². The van der Waals surface area contributed by atoms with Gasteiger partial charge < -0.3 is 19.1 Å². The van der Waals surface area contributed by atoms with Gasteiger partial charge in [0.25, 0.3) is 5.91 Å². The van der Waals surface area contributed by atoms with E-state index in [1.54, 1.807) is 18.2 Å². The van der Waals surface area contributed by atoms with Gasteiger partial charge in [0, 0.05) is 26.0 Å².